The molecule has 0 saturated heterocycles. The van der Waals surface area contributed by atoms with Crippen molar-refractivity contribution in [2.24, 2.45) is 0 Å². The van der Waals surface area contributed by atoms with Crippen molar-refractivity contribution in [1.82, 2.24) is 0 Å². The molecule has 0 spiro atoms. The summed E-state index contributed by atoms with van der Waals surface area (Å²) in [6, 6.07) is 22.3. The maximum atomic E-state index is 12.4. The van der Waals surface area contributed by atoms with Crippen molar-refractivity contribution in [2.45, 2.75) is 37.2 Å². The minimum absolute atomic E-state index is 0.00329. The Morgan fingerprint density at radius 3 is 2.24 bits per heavy atom. The highest BCUT2D eigenvalue weighted by Crippen LogP contribution is 2.41. The van der Waals surface area contributed by atoms with Crippen molar-refractivity contribution in [3.05, 3.63) is 77.9 Å². The van der Waals surface area contributed by atoms with Gasteiger partial charge < -0.3 is 10.2 Å². The number of rotatable bonds is 4. The van der Waals surface area contributed by atoms with Crippen molar-refractivity contribution in [3.8, 4) is 17.2 Å². The minimum atomic E-state index is -3.26. The smallest absolute Gasteiger partial charge is 0.224 e. The first kappa shape index (κ1) is 22.6. The number of carbonyl (C=O) groups excluding carboxylic acids is 1. The Hall–Kier alpha value is -3.63. The monoisotopic (exact) mass is 459 g/mol. The first-order chi connectivity index (χ1) is 15.7. The molecule has 4 rings (SSSR count). The van der Waals surface area contributed by atoms with E-state index in [-0.39, 0.29) is 22.9 Å². The van der Waals surface area contributed by atoms with Gasteiger partial charge in [0.2, 0.25) is 5.91 Å². The molecular weight excluding hydrogens is 434 g/mol. The Labute approximate surface area is 194 Å². The number of carbonyl (C=O) groups is 1. The molecule has 33 heavy (non-hydrogen) atoms. The van der Waals surface area contributed by atoms with Gasteiger partial charge in [0.15, 0.2) is 9.84 Å². The van der Waals surface area contributed by atoms with Gasteiger partial charge in [-0.25, -0.2) is 8.42 Å². The topological polar surface area (TPSA) is 90.3 Å². The molecule has 2 atom stereocenters. The number of anilines is 2. The second-order valence-electron chi connectivity index (χ2n) is 8.43. The summed E-state index contributed by atoms with van der Waals surface area (Å²) < 4.78 is 23.6. The van der Waals surface area contributed by atoms with Crippen LogP contribution in [0.4, 0.5) is 11.4 Å². The Morgan fingerprint density at radius 2 is 1.67 bits per heavy atom. The van der Waals surface area contributed by atoms with Crippen LogP contribution in [0.5, 0.6) is 0 Å². The molecule has 7 heteroatoms. The fraction of sp³-hybridized carbons (Fsp3) is 0.231. The van der Waals surface area contributed by atoms with Crippen LogP contribution in [-0.4, -0.2) is 26.6 Å². The van der Waals surface area contributed by atoms with Crippen LogP contribution in [0.15, 0.2) is 71.6 Å². The van der Waals surface area contributed by atoms with Crippen LogP contribution < -0.4 is 10.2 Å². The number of fused-ring (bicyclic) bond motifs is 1. The summed E-state index contributed by atoms with van der Waals surface area (Å²) in [6.07, 6.45) is 1.90. The third kappa shape index (κ3) is 4.62. The van der Waals surface area contributed by atoms with Crippen LogP contribution in [0.3, 0.4) is 0 Å². The predicted molar refractivity (Wildman–Crippen MR) is 130 cm³/mol. The summed E-state index contributed by atoms with van der Waals surface area (Å²) in [5, 5.41) is 12.6. The van der Waals surface area contributed by atoms with Crippen LogP contribution >= 0.6 is 0 Å². The molecule has 1 amide bonds. The molecule has 0 saturated carbocycles. The lowest BCUT2D eigenvalue weighted by Crippen LogP contribution is -2.43. The number of nitriles is 1. The number of benzene rings is 3. The maximum absolute atomic E-state index is 12.4. The third-order valence-electron chi connectivity index (χ3n) is 5.99. The van der Waals surface area contributed by atoms with Gasteiger partial charge in [-0.15, -0.1) is 0 Å². The molecule has 0 bridgehead atoms. The molecule has 0 aliphatic carbocycles. The first-order valence-electron chi connectivity index (χ1n) is 10.7. The van der Waals surface area contributed by atoms with Crippen molar-refractivity contribution in [2.75, 3.05) is 16.5 Å². The number of sulfone groups is 1. The van der Waals surface area contributed by atoms with E-state index < -0.39 is 9.84 Å². The Bertz CT molecular complexity index is 1340. The summed E-state index contributed by atoms with van der Waals surface area (Å²) >= 11 is 0. The van der Waals surface area contributed by atoms with E-state index in [1.165, 1.54) is 6.26 Å². The Kier molecular flexibility index (Phi) is 5.96. The average Bonchev–Trinajstić information content (AvgIpc) is 2.78. The van der Waals surface area contributed by atoms with E-state index >= 15 is 0 Å². The van der Waals surface area contributed by atoms with Crippen LogP contribution in [0.25, 0.3) is 11.1 Å². The van der Waals surface area contributed by atoms with E-state index in [4.69, 9.17) is 5.26 Å². The average molecular weight is 460 g/mol. The molecule has 1 heterocycles. The van der Waals surface area contributed by atoms with Crippen molar-refractivity contribution < 1.29 is 13.2 Å². The van der Waals surface area contributed by atoms with Crippen molar-refractivity contribution in [3.63, 3.8) is 0 Å². The van der Waals surface area contributed by atoms with Gasteiger partial charge in [-0.2, -0.15) is 5.26 Å². The van der Waals surface area contributed by atoms with Gasteiger partial charge in [-0.1, -0.05) is 18.2 Å². The van der Waals surface area contributed by atoms with E-state index in [0.717, 1.165) is 28.1 Å². The summed E-state index contributed by atoms with van der Waals surface area (Å²) in [5.41, 5.74) is 5.26. The fourth-order valence-corrected chi connectivity index (χ4v) is 5.03. The second-order valence-corrected chi connectivity index (χ2v) is 10.4. The highest BCUT2D eigenvalue weighted by Gasteiger charge is 2.32. The molecule has 1 N–H and O–H groups in total. The van der Waals surface area contributed by atoms with Gasteiger partial charge in [0.1, 0.15) is 0 Å². The first-order valence-corrected chi connectivity index (χ1v) is 12.6. The molecule has 168 valence electrons. The number of nitrogens with one attached hydrogen (secondary N) is 1. The third-order valence-corrected chi connectivity index (χ3v) is 7.12. The maximum Gasteiger partial charge on any atom is 0.224 e. The number of hydrogen-bond acceptors (Lipinski definition) is 5. The normalized spacial score (nSPS) is 17.7. The number of nitrogens with zero attached hydrogens (tertiary/aromatic N) is 2. The minimum Gasteiger partial charge on any atom is -0.378 e. The van der Waals surface area contributed by atoms with Gasteiger partial charge in [0.05, 0.1) is 22.6 Å². The summed E-state index contributed by atoms with van der Waals surface area (Å²) in [6.45, 7) is 3.60. The zero-order chi connectivity index (χ0) is 23.8. The lowest BCUT2D eigenvalue weighted by atomic mass is 9.88. The van der Waals surface area contributed by atoms with Gasteiger partial charge in [0.25, 0.3) is 0 Å². The fourth-order valence-electron chi connectivity index (χ4n) is 4.40. The Morgan fingerprint density at radius 1 is 1.03 bits per heavy atom. The van der Waals surface area contributed by atoms with Crippen LogP contribution in [0.2, 0.25) is 0 Å². The molecule has 6 nitrogen and oxygen atoms in total. The summed E-state index contributed by atoms with van der Waals surface area (Å²) in [4.78, 5) is 14.5. The van der Waals surface area contributed by atoms with Crippen molar-refractivity contribution in [1.29, 1.82) is 5.26 Å². The summed E-state index contributed by atoms with van der Waals surface area (Å²) in [7, 11) is -3.26. The van der Waals surface area contributed by atoms with E-state index in [0.29, 0.717) is 12.0 Å². The molecule has 0 fully saturated rings. The van der Waals surface area contributed by atoms with Crippen molar-refractivity contribution >= 4 is 27.1 Å². The van der Waals surface area contributed by atoms with Gasteiger partial charge in [-0.3, -0.25) is 4.79 Å². The largest absolute Gasteiger partial charge is 0.378 e. The molecule has 1 aliphatic rings. The molecule has 3 aromatic carbocycles. The highest BCUT2D eigenvalue weighted by atomic mass is 32.2. The zero-order valence-electron chi connectivity index (χ0n) is 18.7. The lowest BCUT2D eigenvalue weighted by molar-refractivity contribution is -0.117. The number of amides is 1. The molecule has 3 aromatic rings. The van der Waals surface area contributed by atoms with Gasteiger partial charge in [0, 0.05) is 30.6 Å². The molecule has 0 unspecified atom stereocenters. The quantitative estimate of drug-likeness (QED) is 0.598. The van der Waals surface area contributed by atoms with Gasteiger partial charge in [-0.05, 0) is 78.6 Å². The van der Waals surface area contributed by atoms with Crippen LogP contribution in [0, 0.1) is 11.3 Å². The molecule has 0 radical (unpaired) electrons. The standard InChI is InChI=1S/C26H25N3O3S/c1-17-14-25(28-22-9-11-23(12-10-22)33(3,31)32)24-15-21(8-13-26(24)29(17)18(2)30)20-6-4-19(16-27)5-7-20/h4-13,15,17,25,28H,14H2,1-3H3/t17-,25+/m1/s1. The van der Waals surface area contributed by atoms with E-state index in [9.17, 15) is 13.2 Å². The van der Waals surface area contributed by atoms with Crippen LogP contribution in [-0.2, 0) is 14.6 Å². The van der Waals surface area contributed by atoms with E-state index in [1.807, 2.05) is 36.1 Å². The highest BCUT2D eigenvalue weighted by molar-refractivity contribution is 7.90. The van der Waals surface area contributed by atoms with Gasteiger partial charge >= 0.3 is 0 Å². The number of hydrogen-bond donors (Lipinski definition) is 1. The second kappa shape index (κ2) is 8.72. The van der Waals surface area contributed by atoms with E-state index in [1.54, 1.807) is 43.3 Å². The molecule has 1 aliphatic heterocycles. The molecular formula is C26H25N3O3S. The lowest BCUT2D eigenvalue weighted by Gasteiger charge is -2.39. The van der Waals surface area contributed by atoms with Crippen LogP contribution in [0.1, 0.15) is 37.4 Å². The predicted octanol–water partition coefficient (Wildman–Crippen LogP) is 4.93. The zero-order valence-corrected chi connectivity index (χ0v) is 19.6. The summed E-state index contributed by atoms with van der Waals surface area (Å²) in [5.74, 6) is -0.00849. The van der Waals surface area contributed by atoms with E-state index in [2.05, 4.69) is 17.5 Å². The SMILES string of the molecule is CC(=O)N1c2ccc(-c3ccc(C#N)cc3)cc2[C@@H](Nc2ccc(S(C)(=O)=O)cc2)C[C@H]1C. The molecule has 0 aromatic heterocycles. The Balaban J connectivity index is 1.73.